The molecule has 0 aromatic rings. The van der Waals surface area contributed by atoms with Gasteiger partial charge in [-0.25, -0.2) is 4.79 Å². The summed E-state index contributed by atoms with van der Waals surface area (Å²) in [4.78, 5) is 13.2. The molecule has 0 radical (unpaired) electrons. The van der Waals surface area contributed by atoms with Crippen molar-refractivity contribution < 1.29 is 9.53 Å². The molecule has 0 fully saturated rings. The van der Waals surface area contributed by atoms with Gasteiger partial charge in [-0.1, -0.05) is 18.2 Å². The van der Waals surface area contributed by atoms with Crippen LogP contribution in [-0.2, 0) is 9.53 Å². The third-order valence-electron chi connectivity index (χ3n) is 1.78. The van der Waals surface area contributed by atoms with Crippen molar-refractivity contribution >= 4 is 5.97 Å². The Hall–Kier alpha value is -1.09. The van der Waals surface area contributed by atoms with Crippen LogP contribution >= 0.6 is 0 Å². The van der Waals surface area contributed by atoms with E-state index in [1.54, 1.807) is 12.2 Å². The van der Waals surface area contributed by atoms with Crippen molar-refractivity contribution in [3.63, 3.8) is 0 Å². The molecule has 0 amide bonds. The monoisotopic (exact) mass is 211 g/mol. The van der Waals surface area contributed by atoms with Crippen molar-refractivity contribution in [2.24, 2.45) is 0 Å². The van der Waals surface area contributed by atoms with Crippen LogP contribution in [0.25, 0.3) is 0 Å². The number of hydrogen-bond donors (Lipinski definition) is 0. The first-order chi connectivity index (χ1) is 7.16. The van der Waals surface area contributed by atoms with Gasteiger partial charge in [0, 0.05) is 6.08 Å². The Labute approximate surface area is 92.4 Å². The predicted octanol–water partition coefficient (Wildman–Crippen LogP) is 2.00. The molecule has 0 spiro atoms. The van der Waals surface area contributed by atoms with Crippen LogP contribution in [0.5, 0.6) is 0 Å². The normalized spacial score (nSPS) is 11.7. The smallest absolute Gasteiger partial charge is 0.330 e. The number of carbonyl (C=O) groups is 1. The van der Waals surface area contributed by atoms with E-state index in [-0.39, 0.29) is 5.97 Å². The molecule has 0 saturated carbocycles. The molecule has 0 aromatic carbocycles. The Kier molecular flexibility index (Phi) is 8.78. The van der Waals surface area contributed by atoms with Gasteiger partial charge in [-0.3, -0.25) is 0 Å². The standard InChI is InChI=1S/C12H21NO2/c1-4-5-6-9-12(14)15-11-8-7-10-13(2)3/h4-6,9H,7-8,10-11H2,1-3H3/b5-4+,9-6+. The molecule has 3 heteroatoms. The lowest BCUT2D eigenvalue weighted by Gasteiger charge is -2.08. The number of rotatable bonds is 7. The van der Waals surface area contributed by atoms with Gasteiger partial charge in [-0.05, 0) is 40.4 Å². The molecule has 0 aliphatic heterocycles. The van der Waals surface area contributed by atoms with E-state index < -0.39 is 0 Å². The fourth-order valence-electron chi connectivity index (χ4n) is 0.996. The molecule has 0 aliphatic carbocycles. The highest BCUT2D eigenvalue weighted by atomic mass is 16.5. The SMILES string of the molecule is C/C=C/C=C/C(=O)OCCCCN(C)C. The first-order valence-electron chi connectivity index (χ1n) is 5.27. The molecule has 86 valence electrons. The molecule has 0 saturated heterocycles. The van der Waals surface area contributed by atoms with Gasteiger partial charge in [-0.2, -0.15) is 0 Å². The molecule has 0 aliphatic rings. The van der Waals surface area contributed by atoms with E-state index in [1.807, 2.05) is 27.1 Å². The zero-order chi connectivity index (χ0) is 11.5. The lowest BCUT2D eigenvalue weighted by molar-refractivity contribution is -0.137. The van der Waals surface area contributed by atoms with Crippen LogP contribution in [0.15, 0.2) is 24.3 Å². The van der Waals surface area contributed by atoms with Crippen molar-refractivity contribution in [3.8, 4) is 0 Å². The number of unbranched alkanes of at least 4 members (excludes halogenated alkanes) is 1. The molecule has 0 aromatic heterocycles. The summed E-state index contributed by atoms with van der Waals surface area (Å²) in [5.74, 6) is -0.266. The van der Waals surface area contributed by atoms with Crippen LogP contribution in [0.4, 0.5) is 0 Å². The summed E-state index contributed by atoms with van der Waals surface area (Å²) in [7, 11) is 4.07. The van der Waals surface area contributed by atoms with Gasteiger partial charge in [0.05, 0.1) is 6.61 Å². The average molecular weight is 211 g/mol. The Balaban J connectivity index is 3.39. The van der Waals surface area contributed by atoms with E-state index in [9.17, 15) is 4.79 Å². The van der Waals surface area contributed by atoms with Gasteiger partial charge in [0.25, 0.3) is 0 Å². The molecule has 15 heavy (non-hydrogen) atoms. The summed E-state index contributed by atoms with van der Waals surface area (Å²) in [6.45, 7) is 3.44. The largest absolute Gasteiger partial charge is 0.463 e. The number of ether oxygens (including phenoxy) is 1. The van der Waals surface area contributed by atoms with E-state index in [0.717, 1.165) is 19.4 Å². The third-order valence-corrected chi connectivity index (χ3v) is 1.78. The van der Waals surface area contributed by atoms with Crippen molar-refractivity contribution in [2.45, 2.75) is 19.8 Å². The first kappa shape index (κ1) is 13.9. The highest BCUT2D eigenvalue weighted by Crippen LogP contribution is 1.93. The topological polar surface area (TPSA) is 29.5 Å². The van der Waals surface area contributed by atoms with Crippen LogP contribution in [0.3, 0.4) is 0 Å². The summed E-state index contributed by atoms with van der Waals surface area (Å²) in [5, 5.41) is 0. The third kappa shape index (κ3) is 10.8. The van der Waals surface area contributed by atoms with Crippen LogP contribution in [0.2, 0.25) is 0 Å². The molecule has 0 N–H and O–H groups in total. The van der Waals surface area contributed by atoms with Crippen LogP contribution in [-0.4, -0.2) is 38.1 Å². The van der Waals surface area contributed by atoms with Crippen molar-refractivity contribution in [2.75, 3.05) is 27.2 Å². The minimum Gasteiger partial charge on any atom is -0.463 e. The highest BCUT2D eigenvalue weighted by molar-refractivity contribution is 5.82. The summed E-state index contributed by atoms with van der Waals surface area (Å²) in [6, 6.07) is 0. The van der Waals surface area contributed by atoms with Gasteiger partial charge < -0.3 is 9.64 Å². The van der Waals surface area contributed by atoms with Gasteiger partial charge >= 0.3 is 5.97 Å². The Morgan fingerprint density at radius 2 is 2.00 bits per heavy atom. The van der Waals surface area contributed by atoms with Gasteiger partial charge in [0.2, 0.25) is 0 Å². The van der Waals surface area contributed by atoms with E-state index in [4.69, 9.17) is 4.74 Å². The van der Waals surface area contributed by atoms with Gasteiger partial charge in [-0.15, -0.1) is 0 Å². The first-order valence-corrected chi connectivity index (χ1v) is 5.27. The molecular formula is C12H21NO2. The minimum absolute atomic E-state index is 0.266. The van der Waals surface area contributed by atoms with Gasteiger partial charge in [0.15, 0.2) is 0 Å². The number of esters is 1. The summed E-state index contributed by atoms with van der Waals surface area (Å²) >= 11 is 0. The van der Waals surface area contributed by atoms with Crippen molar-refractivity contribution in [1.29, 1.82) is 0 Å². The number of hydrogen-bond acceptors (Lipinski definition) is 3. The fourth-order valence-corrected chi connectivity index (χ4v) is 0.996. The Morgan fingerprint density at radius 3 is 2.60 bits per heavy atom. The van der Waals surface area contributed by atoms with Crippen LogP contribution < -0.4 is 0 Å². The minimum atomic E-state index is -0.266. The Bertz CT molecular complexity index is 220. The van der Waals surface area contributed by atoms with Crippen molar-refractivity contribution in [1.82, 2.24) is 4.90 Å². The number of allylic oxidation sites excluding steroid dienone is 3. The van der Waals surface area contributed by atoms with E-state index in [1.165, 1.54) is 6.08 Å². The lowest BCUT2D eigenvalue weighted by atomic mass is 10.3. The van der Waals surface area contributed by atoms with Gasteiger partial charge in [0.1, 0.15) is 0 Å². The van der Waals surface area contributed by atoms with E-state index >= 15 is 0 Å². The Morgan fingerprint density at radius 1 is 1.27 bits per heavy atom. The second-order valence-corrected chi connectivity index (χ2v) is 3.56. The second-order valence-electron chi connectivity index (χ2n) is 3.56. The average Bonchev–Trinajstić information content (AvgIpc) is 2.17. The maximum Gasteiger partial charge on any atom is 0.330 e. The number of carbonyl (C=O) groups excluding carboxylic acids is 1. The molecule has 0 atom stereocenters. The fraction of sp³-hybridized carbons (Fsp3) is 0.583. The molecule has 0 unspecified atom stereocenters. The van der Waals surface area contributed by atoms with E-state index in [0.29, 0.717) is 6.61 Å². The maximum absolute atomic E-state index is 11.1. The zero-order valence-corrected chi connectivity index (χ0v) is 9.90. The van der Waals surface area contributed by atoms with Crippen LogP contribution in [0, 0.1) is 0 Å². The summed E-state index contributed by atoms with van der Waals surface area (Å²) in [5.41, 5.74) is 0. The molecular weight excluding hydrogens is 190 g/mol. The van der Waals surface area contributed by atoms with E-state index in [2.05, 4.69) is 4.90 Å². The highest BCUT2D eigenvalue weighted by Gasteiger charge is 1.96. The molecule has 0 rings (SSSR count). The number of nitrogens with zero attached hydrogens (tertiary/aromatic N) is 1. The van der Waals surface area contributed by atoms with Crippen LogP contribution in [0.1, 0.15) is 19.8 Å². The second kappa shape index (κ2) is 9.46. The lowest BCUT2D eigenvalue weighted by Crippen LogP contribution is -2.13. The molecule has 3 nitrogen and oxygen atoms in total. The quantitative estimate of drug-likeness (QED) is 0.279. The van der Waals surface area contributed by atoms with Crippen molar-refractivity contribution in [3.05, 3.63) is 24.3 Å². The molecule has 0 bridgehead atoms. The predicted molar refractivity (Wildman–Crippen MR) is 62.7 cm³/mol. The summed E-state index contributed by atoms with van der Waals surface area (Å²) < 4.78 is 4.99. The summed E-state index contributed by atoms with van der Waals surface area (Å²) in [6.07, 6.45) is 8.75. The maximum atomic E-state index is 11.1. The molecule has 0 heterocycles. The zero-order valence-electron chi connectivity index (χ0n) is 9.90.